The third kappa shape index (κ3) is 6.20. The first-order chi connectivity index (χ1) is 18.5. The Balaban J connectivity index is 1.42. The lowest BCUT2D eigenvalue weighted by Crippen LogP contribution is -2.55. The van der Waals surface area contributed by atoms with Crippen molar-refractivity contribution in [1.29, 1.82) is 0 Å². The number of methoxy groups -OCH3 is 1. The molecule has 0 saturated heterocycles. The molecule has 0 amide bonds. The lowest BCUT2D eigenvalue weighted by atomic mass is 9.48. The van der Waals surface area contributed by atoms with E-state index in [0.29, 0.717) is 30.1 Å². The van der Waals surface area contributed by atoms with Crippen molar-refractivity contribution >= 4 is 11.9 Å². The highest BCUT2D eigenvalue weighted by molar-refractivity contribution is 5.91. The Kier molecular flexibility index (Phi) is 8.99. The molecule has 0 aromatic heterocycles. The van der Waals surface area contributed by atoms with Crippen LogP contribution in [0.25, 0.3) is 0 Å². The number of hydrogen-bond donors (Lipinski definition) is 1. The number of carbonyl (C=O) groups excluding carboxylic acids is 2. The maximum absolute atomic E-state index is 13.6. The summed E-state index contributed by atoms with van der Waals surface area (Å²) in [5, 5.41) is 10.4. The van der Waals surface area contributed by atoms with E-state index in [9.17, 15) is 27.9 Å². The fraction of sp³-hybridized carbons (Fsp3) is 0.935. The van der Waals surface area contributed by atoms with Crippen LogP contribution in [0.4, 0.5) is 13.2 Å². The predicted octanol–water partition coefficient (Wildman–Crippen LogP) is 6.47. The monoisotopic (exact) mass is 574 g/mol. The van der Waals surface area contributed by atoms with Crippen LogP contribution in [0.5, 0.6) is 0 Å². The van der Waals surface area contributed by atoms with Gasteiger partial charge in [0.15, 0.2) is 5.60 Å². The fourth-order valence-corrected chi connectivity index (χ4v) is 9.46. The lowest BCUT2D eigenvalue weighted by molar-refractivity contribution is -0.282. The van der Waals surface area contributed by atoms with Gasteiger partial charge in [0.1, 0.15) is 18.1 Å². The third-order valence-corrected chi connectivity index (χ3v) is 11.2. The van der Waals surface area contributed by atoms with Gasteiger partial charge in [-0.15, -0.1) is 0 Å². The van der Waals surface area contributed by atoms with Gasteiger partial charge in [0.25, 0.3) is 0 Å². The van der Waals surface area contributed by atoms with Crippen molar-refractivity contribution in [1.82, 2.24) is 0 Å². The number of carbonyl (C=O) groups is 2. The molecule has 0 unspecified atom stereocenters. The Morgan fingerprint density at radius 3 is 2.25 bits per heavy atom. The second-order valence-electron chi connectivity index (χ2n) is 14.5. The molecule has 1 N–H and O–H groups in total. The predicted molar refractivity (Wildman–Crippen MR) is 143 cm³/mol. The van der Waals surface area contributed by atoms with Crippen LogP contribution in [0, 0.1) is 46.8 Å². The van der Waals surface area contributed by atoms with Crippen LogP contribution in [0.1, 0.15) is 98.8 Å². The Morgan fingerprint density at radius 1 is 0.950 bits per heavy atom. The van der Waals surface area contributed by atoms with Crippen LogP contribution < -0.4 is 0 Å². The molecular weight excluding hydrogens is 525 g/mol. The second kappa shape index (κ2) is 11.4. The highest BCUT2D eigenvalue weighted by Gasteiger charge is 2.62. The minimum atomic E-state index is -4.57. The van der Waals surface area contributed by atoms with Gasteiger partial charge in [-0.2, -0.15) is 13.2 Å². The average Bonchev–Trinajstić information content (AvgIpc) is 3.18. The summed E-state index contributed by atoms with van der Waals surface area (Å²) >= 11 is 0. The molecular formula is C31H49F3O6. The molecule has 0 bridgehead atoms. The summed E-state index contributed by atoms with van der Waals surface area (Å²) in [4.78, 5) is 24.8. The van der Waals surface area contributed by atoms with Gasteiger partial charge in [-0.1, -0.05) is 13.8 Å². The number of hydrogen-bond acceptors (Lipinski definition) is 6. The van der Waals surface area contributed by atoms with E-state index in [1.165, 1.54) is 0 Å². The van der Waals surface area contributed by atoms with Gasteiger partial charge < -0.3 is 19.3 Å². The summed E-state index contributed by atoms with van der Waals surface area (Å²) in [5.41, 5.74) is -3.16. The molecule has 4 aliphatic rings. The molecule has 10 atom stereocenters. The molecule has 4 saturated carbocycles. The van der Waals surface area contributed by atoms with Gasteiger partial charge >= 0.3 is 18.1 Å². The molecule has 4 aliphatic carbocycles. The first-order valence-corrected chi connectivity index (χ1v) is 15.2. The normalized spacial score (nSPS) is 39.4. The lowest BCUT2D eigenvalue weighted by Gasteiger charge is -2.57. The van der Waals surface area contributed by atoms with E-state index in [1.807, 2.05) is 0 Å². The van der Waals surface area contributed by atoms with Crippen molar-refractivity contribution in [3.05, 3.63) is 0 Å². The van der Waals surface area contributed by atoms with Crippen LogP contribution in [0.15, 0.2) is 0 Å². The Bertz CT molecular complexity index is 931. The van der Waals surface area contributed by atoms with E-state index in [-0.39, 0.29) is 42.6 Å². The van der Waals surface area contributed by atoms with Gasteiger partial charge in [0, 0.05) is 7.11 Å². The van der Waals surface area contributed by atoms with Gasteiger partial charge in [0.05, 0.1) is 6.61 Å². The number of fused-ring (bicyclic) bond motifs is 5. The van der Waals surface area contributed by atoms with Gasteiger partial charge in [-0.3, -0.25) is 9.59 Å². The zero-order valence-electron chi connectivity index (χ0n) is 25.0. The van der Waals surface area contributed by atoms with Crippen molar-refractivity contribution in [3.63, 3.8) is 0 Å². The second-order valence-corrected chi connectivity index (χ2v) is 14.5. The molecule has 230 valence electrons. The summed E-state index contributed by atoms with van der Waals surface area (Å²) in [6.45, 7) is 9.98. The van der Waals surface area contributed by atoms with Crippen molar-refractivity contribution in [2.24, 2.45) is 46.8 Å². The van der Waals surface area contributed by atoms with E-state index < -0.39 is 41.8 Å². The number of halogens is 3. The first kappa shape index (κ1) is 31.6. The summed E-state index contributed by atoms with van der Waals surface area (Å²) in [7, 11) is 1.58. The maximum atomic E-state index is 13.6. The molecule has 0 aromatic carbocycles. The van der Waals surface area contributed by atoms with E-state index in [4.69, 9.17) is 14.2 Å². The van der Waals surface area contributed by atoms with Gasteiger partial charge in [-0.05, 0) is 125 Å². The van der Waals surface area contributed by atoms with Crippen LogP contribution in [0.2, 0.25) is 0 Å². The van der Waals surface area contributed by atoms with E-state index in [2.05, 4.69) is 13.8 Å². The third-order valence-electron chi connectivity index (χ3n) is 11.2. The van der Waals surface area contributed by atoms with Crippen molar-refractivity contribution in [3.8, 4) is 0 Å². The zero-order chi connectivity index (χ0) is 29.7. The van der Waals surface area contributed by atoms with E-state index in [0.717, 1.165) is 38.5 Å². The highest BCUT2D eigenvalue weighted by atomic mass is 19.4. The Hall–Kier alpha value is -1.35. The van der Waals surface area contributed by atoms with Crippen LogP contribution in [-0.4, -0.2) is 54.2 Å². The van der Waals surface area contributed by atoms with Crippen molar-refractivity contribution < 1.29 is 42.1 Å². The van der Waals surface area contributed by atoms with Crippen LogP contribution >= 0.6 is 0 Å². The smallest absolute Gasteiger partial charge is 0.417 e. The van der Waals surface area contributed by atoms with Gasteiger partial charge in [-0.25, -0.2) is 0 Å². The maximum Gasteiger partial charge on any atom is 0.417 e. The first-order valence-electron chi connectivity index (χ1n) is 15.2. The molecule has 6 nitrogen and oxygen atoms in total. The number of ether oxygens (including phenoxy) is 3. The molecule has 0 aromatic rings. The Morgan fingerprint density at radius 2 is 1.62 bits per heavy atom. The van der Waals surface area contributed by atoms with Crippen LogP contribution in [0.3, 0.4) is 0 Å². The summed E-state index contributed by atoms with van der Waals surface area (Å²) in [5.74, 6) is 0.725. The summed E-state index contributed by atoms with van der Waals surface area (Å²) in [6, 6.07) is 0. The minimum Gasteiger partial charge on any atom is -0.460 e. The molecule has 4 rings (SSSR count). The molecule has 9 heteroatoms. The standard InChI is InChI=1S/C31H49F3O6/c1-18(25(17-38-6)39-26(35)15-27(36)40-28(2,3)4)23-9-10-24-22-8-7-19-16-30(37,31(32,33)34)14-12-20(19)21(22)11-13-29(23,24)5/h18-25,37H,7-17H2,1-6H3/t18-,19+,20-,21+,22+,23+,24-,25+,29+,30+/m0/s1. The van der Waals surface area contributed by atoms with Crippen molar-refractivity contribution in [2.45, 2.75) is 122 Å². The average molecular weight is 575 g/mol. The molecule has 0 radical (unpaired) electrons. The SMILES string of the molecule is COC[C@@H](OC(=O)CC(=O)OC(C)(C)C)[C@@H](C)[C@H]1CC[C@H]2[C@@H]3CC[C@@H]4C[C@@](O)(C(F)(F)F)CC[C@@H]4[C@H]3CC[C@]12C. The highest BCUT2D eigenvalue weighted by Crippen LogP contribution is 2.66. The zero-order valence-corrected chi connectivity index (χ0v) is 25.0. The van der Waals surface area contributed by atoms with E-state index in [1.54, 1.807) is 27.9 Å². The van der Waals surface area contributed by atoms with Crippen molar-refractivity contribution in [2.75, 3.05) is 13.7 Å². The topological polar surface area (TPSA) is 82.1 Å². The Labute approximate surface area is 237 Å². The molecule has 0 aliphatic heterocycles. The molecule has 0 heterocycles. The molecule has 0 spiro atoms. The van der Waals surface area contributed by atoms with Gasteiger partial charge in [0.2, 0.25) is 0 Å². The quantitative estimate of drug-likeness (QED) is 0.277. The minimum absolute atomic E-state index is 0.0295. The molecule has 40 heavy (non-hydrogen) atoms. The fourth-order valence-electron chi connectivity index (χ4n) is 9.46. The molecule has 4 fully saturated rings. The summed E-state index contributed by atoms with van der Waals surface area (Å²) in [6.07, 6.45) is 0.398. The number of esters is 2. The number of aliphatic hydroxyl groups is 1. The number of rotatable bonds is 7. The summed E-state index contributed by atoms with van der Waals surface area (Å²) < 4.78 is 57.3. The number of alkyl halides is 3. The largest absolute Gasteiger partial charge is 0.460 e. The van der Waals surface area contributed by atoms with E-state index >= 15 is 0 Å². The van der Waals surface area contributed by atoms with Crippen LogP contribution in [-0.2, 0) is 23.8 Å².